The molecule has 0 aliphatic heterocycles. The van der Waals surface area contributed by atoms with Gasteiger partial charge in [0.2, 0.25) is 11.8 Å². The van der Waals surface area contributed by atoms with Crippen LogP contribution in [0, 0.1) is 0 Å². The molecular weight excluding hydrogens is 366 g/mol. The molecule has 0 saturated heterocycles. The lowest BCUT2D eigenvalue weighted by atomic mass is 10.1. The van der Waals surface area contributed by atoms with E-state index in [-0.39, 0.29) is 17.7 Å². The SMILES string of the molecule is CCN(Cc1cccc(Cl)c1)C(=O)c1cc(NC(C)=O)cc(NC(C)=O)c1. The van der Waals surface area contributed by atoms with E-state index >= 15 is 0 Å². The fourth-order valence-electron chi connectivity index (χ4n) is 2.67. The largest absolute Gasteiger partial charge is 0.335 e. The molecule has 0 atom stereocenters. The maximum absolute atomic E-state index is 13.0. The molecule has 2 aromatic rings. The number of hydrogen-bond acceptors (Lipinski definition) is 3. The number of amides is 3. The number of benzene rings is 2. The molecule has 6 nitrogen and oxygen atoms in total. The topological polar surface area (TPSA) is 78.5 Å². The number of carbonyl (C=O) groups is 3. The summed E-state index contributed by atoms with van der Waals surface area (Å²) in [5, 5.41) is 5.91. The fraction of sp³-hybridized carbons (Fsp3) is 0.250. The molecule has 0 saturated carbocycles. The van der Waals surface area contributed by atoms with E-state index in [2.05, 4.69) is 10.6 Å². The zero-order valence-electron chi connectivity index (χ0n) is 15.5. The number of carbonyl (C=O) groups excluding carboxylic acids is 3. The van der Waals surface area contributed by atoms with Gasteiger partial charge in [-0.15, -0.1) is 0 Å². The molecule has 0 aliphatic rings. The van der Waals surface area contributed by atoms with Gasteiger partial charge in [-0.2, -0.15) is 0 Å². The summed E-state index contributed by atoms with van der Waals surface area (Å²) in [6, 6.07) is 12.1. The lowest BCUT2D eigenvalue weighted by molar-refractivity contribution is -0.115. The minimum Gasteiger partial charge on any atom is -0.335 e. The van der Waals surface area contributed by atoms with Crippen LogP contribution in [0.4, 0.5) is 11.4 Å². The van der Waals surface area contributed by atoms with E-state index in [4.69, 9.17) is 11.6 Å². The summed E-state index contributed by atoms with van der Waals surface area (Å²) in [5.41, 5.74) is 2.17. The van der Waals surface area contributed by atoms with Gasteiger partial charge in [0.1, 0.15) is 0 Å². The Morgan fingerprint density at radius 1 is 0.963 bits per heavy atom. The Morgan fingerprint density at radius 3 is 2.04 bits per heavy atom. The van der Waals surface area contributed by atoms with E-state index in [1.807, 2.05) is 25.1 Å². The summed E-state index contributed by atoms with van der Waals surface area (Å²) in [4.78, 5) is 37.4. The van der Waals surface area contributed by atoms with Gasteiger partial charge in [0.05, 0.1) is 0 Å². The van der Waals surface area contributed by atoms with Crippen LogP contribution in [0.1, 0.15) is 36.7 Å². The summed E-state index contributed by atoms with van der Waals surface area (Å²) in [7, 11) is 0. The molecule has 7 heteroatoms. The number of halogens is 1. The molecule has 2 rings (SSSR count). The van der Waals surface area contributed by atoms with E-state index in [0.29, 0.717) is 35.1 Å². The van der Waals surface area contributed by atoms with Crippen molar-refractivity contribution in [3.63, 3.8) is 0 Å². The van der Waals surface area contributed by atoms with Gasteiger partial charge in [0.25, 0.3) is 5.91 Å². The Balaban J connectivity index is 2.33. The lowest BCUT2D eigenvalue weighted by Crippen LogP contribution is -2.30. The molecule has 0 radical (unpaired) electrons. The van der Waals surface area contributed by atoms with Gasteiger partial charge in [0.15, 0.2) is 0 Å². The monoisotopic (exact) mass is 387 g/mol. The molecule has 0 spiro atoms. The van der Waals surface area contributed by atoms with Crippen molar-refractivity contribution in [2.24, 2.45) is 0 Å². The number of hydrogen-bond donors (Lipinski definition) is 2. The van der Waals surface area contributed by atoms with Gasteiger partial charge in [-0.25, -0.2) is 0 Å². The van der Waals surface area contributed by atoms with E-state index < -0.39 is 0 Å². The number of nitrogens with one attached hydrogen (secondary N) is 2. The van der Waals surface area contributed by atoms with Crippen LogP contribution < -0.4 is 10.6 Å². The molecule has 0 fully saturated rings. The van der Waals surface area contributed by atoms with E-state index in [1.54, 1.807) is 29.2 Å². The first-order valence-electron chi connectivity index (χ1n) is 8.52. The van der Waals surface area contributed by atoms with Crippen molar-refractivity contribution in [3.05, 3.63) is 58.6 Å². The molecule has 0 aromatic heterocycles. The van der Waals surface area contributed by atoms with E-state index in [0.717, 1.165) is 5.56 Å². The predicted molar refractivity (Wildman–Crippen MR) is 107 cm³/mol. The highest BCUT2D eigenvalue weighted by Gasteiger charge is 2.17. The summed E-state index contributed by atoms with van der Waals surface area (Å²) in [6.07, 6.45) is 0. The summed E-state index contributed by atoms with van der Waals surface area (Å²) in [6.45, 7) is 5.53. The Kier molecular flexibility index (Phi) is 6.96. The third kappa shape index (κ3) is 6.11. The van der Waals surface area contributed by atoms with E-state index in [1.165, 1.54) is 13.8 Å². The standard InChI is InChI=1S/C20H22ClN3O3/c1-4-24(12-15-6-5-7-17(21)8-15)20(27)16-9-18(22-13(2)25)11-19(10-16)23-14(3)26/h5-11H,4,12H2,1-3H3,(H,22,25)(H,23,26). The highest BCUT2D eigenvalue weighted by atomic mass is 35.5. The van der Waals surface area contributed by atoms with Crippen LogP contribution in [0.5, 0.6) is 0 Å². The van der Waals surface area contributed by atoms with Crippen LogP contribution in [-0.4, -0.2) is 29.2 Å². The second-order valence-electron chi connectivity index (χ2n) is 6.11. The molecule has 2 N–H and O–H groups in total. The summed E-state index contributed by atoms with van der Waals surface area (Å²) in [5.74, 6) is -0.740. The van der Waals surface area contributed by atoms with Crippen molar-refractivity contribution in [2.45, 2.75) is 27.3 Å². The van der Waals surface area contributed by atoms with Gasteiger partial charge in [-0.05, 0) is 42.8 Å². The third-order valence-electron chi connectivity index (χ3n) is 3.75. The van der Waals surface area contributed by atoms with Crippen molar-refractivity contribution in [3.8, 4) is 0 Å². The fourth-order valence-corrected chi connectivity index (χ4v) is 2.88. The van der Waals surface area contributed by atoms with Crippen molar-refractivity contribution < 1.29 is 14.4 Å². The normalized spacial score (nSPS) is 10.2. The number of nitrogens with zero attached hydrogens (tertiary/aromatic N) is 1. The van der Waals surface area contributed by atoms with Crippen LogP contribution in [0.3, 0.4) is 0 Å². The number of anilines is 2. The van der Waals surface area contributed by atoms with Crippen LogP contribution in [0.15, 0.2) is 42.5 Å². The minimum atomic E-state index is -0.264. The van der Waals surface area contributed by atoms with Gasteiger partial charge >= 0.3 is 0 Å². The zero-order valence-corrected chi connectivity index (χ0v) is 16.3. The van der Waals surface area contributed by atoms with Gasteiger partial charge < -0.3 is 15.5 Å². The highest BCUT2D eigenvalue weighted by Crippen LogP contribution is 2.22. The Morgan fingerprint density at radius 2 is 1.56 bits per heavy atom. The second-order valence-corrected chi connectivity index (χ2v) is 6.55. The van der Waals surface area contributed by atoms with Crippen LogP contribution in [-0.2, 0) is 16.1 Å². The van der Waals surface area contributed by atoms with Crippen LogP contribution in [0.25, 0.3) is 0 Å². The Bertz CT molecular complexity index is 833. The molecular formula is C20H22ClN3O3. The maximum Gasteiger partial charge on any atom is 0.254 e. The molecule has 0 bridgehead atoms. The highest BCUT2D eigenvalue weighted by molar-refractivity contribution is 6.30. The Hall–Kier alpha value is -2.86. The second kappa shape index (κ2) is 9.19. The molecule has 3 amide bonds. The average molecular weight is 388 g/mol. The molecule has 0 unspecified atom stereocenters. The molecule has 0 aliphatic carbocycles. The van der Waals surface area contributed by atoms with E-state index in [9.17, 15) is 14.4 Å². The number of rotatable bonds is 6. The first-order valence-corrected chi connectivity index (χ1v) is 8.90. The molecule has 142 valence electrons. The van der Waals surface area contributed by atoms with Crippen molar-refractivity contribution >= 4 is 40.7 Å². The van der Waals surface area contributed by atoms with Gasteiger partial charge in [-0.1, -0.05) is 23.7 Å². The van der Waals surface area contributed by atoms with Crippen LogP contribution in [0.2, 0.25) is 5.02 Å². The van der Waals surface area contributed by atoms with Gasteiger partial charge in [-0.3, -0.25) is 14.4 Å². The molecule has 2 aromatic carbocycles. The summed E-state index contributed by atoms with van der Waals surface area (Å²) < 4.78 is 0. The first-order chi connectivity index (χ1) is 12.8. The molecule has 0 heterocycles. The maximum atomic E-state index is 13.0. The minimum absolute atomic E-state index is 0.212. The molecule has 27 heavy (non-hydrogen) atoms. The van der Waals surface area contributed by atoms with Gasteiger partial charge in [0, 0.05) is 48.9 Å². The Labute approximate surface area is 163 Å². The van der Waals surface area contributed by atoms with Crippen molar-refractivity contribution in [2.75, 3.05) is 17.2 Å². The van der Waals surface area contributed by atoms with Crippen molar-refractivity contribution in [1.29, 1.82) is 0 Å². The van der Waals surface area contributed by atoms with Crippen LogP contribution >= 0.6 is 11.6 Å². The van der Waals surface area contributed by atoms with Crippen molar-refractivity contribution in [1.82, 2.24) is 4.90 Å². The lowest BCUT2D eigenvalue weighted by Gasteiger charge is -2.22. The summed E-state index contributed by atoms with van der Waals surface area (Å²) >= 11 is 6.02. The first kappa shape index (κ1) is 20.5. The third-order valence-corrected chi connectivity index (χ3v) is 3.99. The zero-order chi connectivity index (χ0) is 20.0. The quantitative estimate of drug-likeness (QED) is 0.788. The average Bonchev–Trinajstić information content (AvgIpc) is 2.57. The smallest absolute Gasteiger partial charge is 0.254 e. The predicted octanol–water partition coefficient (Wildman–Crippen LogP) is 3.92.